The minimum absolute atomic E-state index is 0.802. The van der Waals surface area contributed by atoms with E-state index in [1.807, 2.05) is 0 Å². The second-order valence-corrected chi connectivity index (χ2v) is 3.56. The third kappa shape index (κ3) is 2.12. The first-order valence-corrected chi connectivity index (χ1v) is 5.33. The lowest BCUT2D eigenvalue weighted by molar-refractivity contribution is 0.0674. The van der Waals surface area contributed by atoms with Crippen molar-refractivity contribution >= 4 is 11.7 Å². The molecule has 0 aliphatic carbocycles. The van der Waals surface area contributed by atoms with Crippen molar-refractivity contribution in [2.24, 2.45) is 9.98 Å². The van der Waals surface area contributed by atoms with E-state index in [-0.39, 0.29) is 0 Å². The van der Waals surface area contributed by atoms with E-state index in [1.54, 1.807) is 0 Å². The number of hydrogen-bond donors (Lipinski definition) is 0. The fourth-order valence-electron chi connectivity index (χ4n) is 1.71. The van der Waals surface area contributed by atoms with Crippen LogP contribution in [0.25, 0.3) is 0 Å². The Morgan fingerprint density at radius 2 is 2.14 bits per heavy atom. The van der Waals surface area contributed by atoms with E-state index < -0.39 is 0 Å². The second-order valence-electron chi connectivity index (χ2n) is 3.56. The molecular weight excluding hydrogens is 178 g/mol. The monoisotopic (exact) mass is 195 g/mol. The van der Waals surface area contributed by atoms with Crippen molar-refractivity contribution in [1.29, 1.82) is 0 Å². The highest BCUT2D eigenvalue weighted by Gasteiger charge is 2.16. The molecule has 2 aliphatic heterocycles. The van der Waals surface area contributed by atoms with Crippen LogP contribution in [-0.2, 0) is 4.74 Å². The van der Waals surface area contributed by atoms with Crippen LogP contribution in [0.4, 0.5) is 0 Å². The van der Waals surface area contributed by atoms with Crippen molar-refractivity contribution in [3.05, 3.63) is 0 Å². The van der Waals surface area contributed by atoms with Gasteiger partial charge in [0.05, 0.1) is 13.2 Å². The first-order valence-electron chi connectivity index (χ1n) is 5.33. The molecule has 0 bridgehead atoms. The lowest BCUT2D eigenvalue weighted by Gasteiger charge is -2.29. The molecule has 78 valence electrons. The highest BCUT2D eigenvalue weighted by Crippen LogP contribution is 2.07. The summed E-state index contributed by atoms with van der Waals surface area (Å²) < 4.78 is 5.30. The number of morpholine rings is 1. The van der Waals surface area contributed by atoms with Crippen LogP contribution >= 0.6 is 0 Å². The quantitative estimate of drug-likeness (QED) is 0.624. The molecule has 14 heavy (non-hydrogen) atoms. The summed E-state index contributed by atoms with van der Waals surface area (Å²) in [6.07, 6.45) is 2.08. The van der Waals surface area contributed by atoms with E-state index in [0.29, 0.717) is 0 Å². The summed E-state index contributed by atoms with van der Waals surface area (Å²) in [7, 11) is 0. The second kappa shape index (κ2) is 4.55. The molecule has 1 saturated heterocycles. The molecule has 0 atom stereocenters. The summed E-state index contributed by atoms with van der Waals surface area (Å²) in [6, 6.07) is 0. The SMILES string of the molecule is CCC1=NC(N2CCOCC2)=NCC1. The van der Waals surface area contributed by atoms with E-state index >= 15 is 0 Å². The van der Waals surface area contributed by atoms with Crippen LogP contribution in [0, 0.1) is 0 Å². The Labute approximate surface area is 84.7 Å². The zero-order valence-electron chi connectivity index (χ0n) is 8.70. The maximum absolute atomic E-state index is 5.30. The van der Waals surface area contributed by atoms with Crippen LogP contribution in [0.3, 0.4) is 0 Å². The predicted molar refractivity (Wildman–Crippen MR) is 57.0 cm³/mol. The number of rotatable bonds is 1. The van der Waals surface area contributed by atoms with Gasteiger partial charge >= 0.3 is 0 Å². The van der Waals surface area contributed by atoms with Crippen molar-refractivity contribution in [1.82, 2.24) is 4.90 Å². The number of hydrogen-bond acceptors (Lipinski definition) is 4. The molecule has 0 spiro atoms. The van der Waals surface area contributed by atoms with Gasteiger partial charge in [0.1, 0.15) is 0 Å². The Morgan fingerprint density at radius 3 is 2.86 bits per heavy atom. The molecule has 2 aliphatic rings. The molecule has 0 aromatic heterocycles. The third-order valence-electron chi connectivity index (χ3n) is 2.61. The maximum atomic E-state index is 5.30. The summed E-state index contributed by atoms with van der Waals surface area (Å²) >= 11 is 0. The lowest BCUT2D eigenvalue weighted by atomic mass is 10.2. The molecule has 4 heteroatoms. The molecule has 0 amide bonds. The van der Waals surface area contributed by atoms with Gasteiger partial charge in [0.15, 0.2) is 0 Å². The van der Waals surface area contributed by atoms with E-state index in [4.69, 9.17) is 4.74 Å². The van der Waals surface area contributed by atoms with Gasteiger partial charge in [0.2, 0.25) is 5.96 Å². The Balaban J connectivity index is 2.02. The zero-order chi connectivity index (χ0) is 9.80. The average molecular weight is 195 g/mol. The molecule has 0 aromatic rings. The van der Waals surface area contributed by atoms with Gasteiger partial charge in [-0.15, -0.1) is 0 Å². The molecule has 0 N–H and O–H groups in total. The van der Waals surface area contributed by atoms with Crippen molar-refractivity contribution < 1.29 is 4.74 Å². The highest BCUT2D eigenvalue weighted by molar-refractivity contribution is 5.98. The molecule has 0 unspecified atom stereocenters. The number of ether oxygens (including phenoxy) is 1. The topological polar surface area (TPSA) is 37.2 Å². The van der Waals surface area contributed by atoms with Gasteiger partial charge in [0, 0.05) is 31.8 Å². The van der Waals surface area contributed by atoms with Crippen LogP contribution in [0.15, 0.2) is 9.98 Å². The minimum Gasteiger partial charge on any atom is -0.378 e. The van der Waals surface area contributed by atoms with Gasteiger partial charge in [0.25, 0.3) is 0 Å². The molecule has 4 nitrogen and oxygen atoms in total. The Kier molecular flexibility index (Phi) is 3.14. The average Bonchev–Trinajstić information content (AvgIpc) is 2.30. The van der Waals surface area contributed by atoms with Crippen LogP contribution in [0.2, 0.25) is 0 Å². The normalized spacial score (nSPS) is 23.1. The largest absolute Gasteiger partial charge is 0.378 e. The van der Waals surface area contributed by atoms with E-state index in [1.165, 1.54) is 5.71 Å². The smallest absolute Gasteiger partial charge is 0.220 e. The van der Waals surface area contributed by atoms with Crippen LogP contribution in [-0.4, -0.2) is 49.4 Å². The molecular formula is C10H17N3O. The van der Waals surface area contributed by atoms with Crippen LogP contribution in [0.5, 0.6) is 0 Å². The zero-order valence-corrected chi connectivity index (χ0v) is 8.70. The van der Waals surface area contributed by atoms with Gasteiger partial charge in [-0.25, -0.2) is 4.99 Å². The van der Waals surface area contributed by atoms with Crippen LogP contribution < -0.4 is 0 Å². The minimum atomic E-state index is 0.802. The Hall–Kier alpha value is -0.900. The standard InChI is InChI=1S/C10H17N3O/c1-2-9-3-4-11-10(12-9)13-5-7-14-8-6-13/h2-8H2,1H3. The summed E-state index contributed by atoms with van der Waals surface area (Å²) in [5.41, 5.74) is 1.28. The van der Waals surface area contributed by atoms with E-state index in [9.17, 15) is 0 Å². The van der Waals surface area contributed by atoms with E-state index in [0.717, 1.165) is 51.6 Å². The van der Waals surface area contributed by atoms with Crippen molar-refractivity contribution in [3.63, 3.8) is 0 Å². The van der Waals surface area contributed by atoms with Crippen molar-refractivity contribution in [2.45, 2.75) is 19.8 Å². The molecule has 0 aromatic carbocycles. The van der Waals surface area contributed by atoms with Gasteiger partial charge in [-0.2, -0.15) is 0 Å². The maximum Gasteiger partial charge on any atom is 0.220 e. The van der Waals surface area contributed by atoms with Gasteiger partial charge < -0.3 is 9.64 Å². The third-order valence-corrected chi connectivity index (χ3v) is 2.61. The molecule has 0 radical (unpaired) electrons. The van der Waals surface area contributed by atoms with Gasteiger partial charge in [-0.05, 0) is 6.42 Å². The summed E-state index contributed by atoms with van der Waals surface area (Å²) in [4.78, 5) is 11.2. The fourth-order valence-corrected chi connectivity index (χ4v) is 1.71. The first kappa shape index (κ1) is 9.65. The molecule has 1 fully saturated rings. The lowest BCUT2D eigenvalue weighted by Crippen LogP contribution is -2.41. The van der Waals surface area contributed by atoms with Crippen molar-refractivity contribution in [3.8, 4) is 0 Å². The highest BCUT2D eigenvalue weighted by atomic mass is 16.5. The Morgan fingerprint density at radius 1 is 1.36 bits per heavy atom. The van der Waals surface area contributed by atoms with Crippen LogP contribution in [0.1, 0.15) is 19.8 Å². The summed E-state index contributed by atoms with van der Waals surface area (Å²) in [5.74, 6) is 0.927. The number of aliphatic imine (C=N–C) groups is 2. The molecule has 0 saturated carbocycles. The predicted octanol–water partition coefficient (Wildman–Crippen LogP) is 0.929. The Bertz CT molecular complexity index is 254. The first-order chi connectivity index (χ1) is 6.90. The summed E-state index contributed by atoms with van der Waals surface area (Å²) in [6.45, 7) is 6.52. The summed E-state index contributed by atoms with van der Waals surface area (Å²) in [5, 5.41) is 0. The molecule has 2 rings (SSSR count). The fraction of sp³-hybridized carbons (Fsp3) is 0.800. The van der Waals surface area contributed by atoms with Gasteiger partial charge in [-0.1, -0.05) is 6.92 Å². The number of nitrogens with zero attached hydrogens (tertiary/aromatic N) is 3. The molecule has 2 heterocycles. The van der Waals surface area contributed by atoms with Crippen molar-refractivity contribution in [2.75, 3.05) is 32.8 Å². The van der Waals surface area contributed by atoms with Gasteiger partial charge in [-0.3, -0.25) is 4.99 Å². The number of guanidine groups is 1. The van der Waals surface area contributed by atoms with E-state index in [2.05, 4.69) is 21.8 Å².